The maximum absolute atomic E-state index is 11.0. The van der Waals surface area contributed by atoms with Gasteiger partial charge in [-0.2, -0.15) is 0 Å². The third-order valence-corrected chi connectivity index (χ3v) is 1.63. The molecule has 14 heavy (non-hydrogen) atoms. The Morgan fingerprint density at radius 2 is 2.07 bits per heavy atom. The predicted octanol–water partition coefficient (Wildman–Crippen LogP) is 1.32. The molecule has 4 heteroatoms. The summed E-state index contributed by atoms with van der Waals surface area (Å²) in [6.45, 7) is 1.80. The second-order valence-corrected chi connectivity index (χ2v) is 2.99. The van der Waals surface area contributed by atoms with E-state index in [1.165, 1.54) is 0 Å². The average molecular weight is 199 g/mol. The lowest BCUT2D eigenvalue weighted by Crippen LogP contribution is -2.28. The molecule has 2 N–H and O–H groups in total. The summed E-state index contributed by atoms with van der Waals surface area (Å²) < 4.78 is 0. The van der Waals surface area contributed by atoms with Crippen LogP contribution in [0.3, 0.4) is 0 Å². The molecular formula is C10H17NO3. The third-order valence-electron chi connectivity index (χ3n) is 1.63. The summed E-state index contributed by atoms with van der Waals surface area (Å²) in [5.74, 6) is -1.27. The van der Waals surface area contributed by atoms with Crippen molar-refractivity contribution >= 4 is 11.9 Å². The van der Waals surface area contributed by atoms with E-state index in [4.69, 9.17) is 5.11 Å². The van der Waals surface area contributed by atoms with Gasteiger partial charge in [0.25, 0.3) is 0 Å². The first-order valence-electron chi connectivity index (χ1n) is 4.80. The number of allylic oxidation sites excluding steroid dienone is 1. The van der Waals surface area contributed by atoms with Crippen LogP contribution in [-0.2, 0) is 9.59 Å². The predicted molar refractivity (Wildman–Crippen MR) is 53.9 cm³/mol. The highest BCUT2D eigenvalue weighted by atomic mass is 16.4. The van der Waals surface area contributed by atoms with Gasteiger partial charge < -0.3 is 10.4 Å². The van der Waals surface area contributed by atoms with E-state index in [0.717, 1.165) is 19.3 Å². The van der Waals surface area contributed by atoms with Crippen LogP contribution >= 0.6 is 0 Å². The Kier molecular flexibility index (Phi) is 7.50. The number of aliphatic carboxylic acids is 1. The SMILES string of the molecule is CCCC/C=C/CC(=O)NCC(=O)O. The van der Waals surface area contributed by atoms with E-state index < -0.39 is 5.97 Å². The summed E-state index contributed by atoms with van der Waals surface area (Å²) in [5, 5.41) is 10.6. The van der Waals surface area contributed by atoms with E-state index in [-0.39, 0.29) is 18.9 Å². The molecule has 4 nitrogen and oxygen atoms in total. The molecule has 0 spiro atoms. The van der Waals surface area contributed by atoms with Crippen molar-refractivity contribution in [2.75, 3.05) is 6.54 Å². The first-order valence-corrected chi connectivity index (χ1v) is 4.80. The van der Waals surface area contributed by atoms with Gasteiger partial charge in [-0.25, -0.2) is 0 Å². The maximum atomic E-state index is 11.0. The van der Waals surface area contributed by atoms with Crippen LogP contribution in [0.1, 0.15) is 32.6 Å². The molecule has 0 aliphatic rings. The number of carboxylic acids is 1. The van der Waals surface area contributed by atoms with Crippen molar-refractivity contribution in [2.24, 2.45) is 0 Å². The van der Waals surface area contributed by atoms with Crippen LogP contribution in [-0.4, -0.2) is 23.5 Å². The molecule has 0 fully saturated rings. The second kappa shape index (κ2) is 8.29. The topological polar surface area (TPSA) is 66.4 Å². The van der Waals surface area contributed by atoms with Gasteiger partial charge in [-0.3, -0.25) is 9.59 Å². The number of unbranched alkanes of at least 4 members (excludes halogenated alkanes) is 2. The van der Waals surface area contributed by atoms with Gasteiger partial charge in [0.05, 0.1) is 0 Å². The molecule has 0 bridgehead atoms. The van der Waals surface area contributed by atoms with Gasteiger partial charge in [0.2, 0.25) is 5.91 Å². The average Bonchev–Trinajstić information content (AvgIpc) is 2.14. The largest absolute Gasteiger partial charge is 0.480 e. The first-order chi connectivity index (χ1) is 6.66. The molecule has 0 heterocycles. The van der Waals surface area contributed by atoms with Crippen LogP contribution in [0.4, 0.5) is 0 Å². The molecule has 0 saturated heterocycles. The number of carbonyl (C=O) groups excluding carboxylic acids is 1. The molecule has 0 rings (SSSR count). The molecular weight excluding hydrogens is 182 g/mol. The fourth-order valence-electron chi connectivity index (χ4n) is 0.877. The monoisotopic (exact) mass is 199 g/mol. The van der Waals surface area contributed by atoms with Crippen molar-refractivity contribution in [3.05, 3.63) is 12.2 Å². The Morgan fingerprint density at radius 1 is 1.36 bits per heavy atom. The molecule has 0 atom stereocenters. The van der Waals surface area contributed by atoms with E-state index in [9.17, 15) is 9.59 Å². The summed E-state index contributed by atoms with van der Waals surface area (Å²) in [6, 6.07) is 0. The van der Waals surface area contributed by atoms with Crippen LogP contribution in [0.15, 0.2) is 12.2 Å². The highest BCUT2D eigenvalue weighted by Gasteiger charge is 2.00. The van der Waals surface area contributed by atoms with Crippen molar-refractivity contribution in [1.82, 2.24) is 5.32 Å². The number of hydrogen-bond acceptors (Lipinski definition) is 2. The minimum atomic E-state index is -1.02. The Morgan fingerprint density at radius 3 is 2.64 bits per heavy atom. The quantitative estimate of drug-likeness (QED) is 0.480. The second-order valence-electron chi connectivity index (χ2n) is 2.99. The van der Waals surface area contributed by atoms with Crippen molar-refractivity contribution in [3.8, 4) is 0 Å². The Labute approximate surface area is 84.0 Å². The van der Waals surface area contributed by atoms with Crippen molar-refractivity contribution in [1.29, 1.82) is 0 Å². The number of rotatable bonds is 7. The lowest BCUT2D eigenvalue weighted by Gasteiger charge is -1.97. The molecule has 0 saturated carbocycles. The molecule has 0 aliphatic heterocycles. The van der Waals surface area contributed by atoms with Gasteiger partial charge in [0, 0.05) is 6.42 Å². The molecule has 0 radical (unpaired) electrons. The number of amides is 1. The van der Waals surface area contributed by atoms with Crippen LogP contribution in [0, 0.1) is 0 Å². The summed E-state index contributed by atoms with van der Waals surface area (Å²) in [4.78, 5) is 21.0. The van der Waals surface area contributed by atoms with Crippen LogP contribution in [0.25, 0.3) is 0 Å². The van der Waals surface area contributed by atoms with Gasteiger partial charge >= 0.3 is 5.97 Å². The Balaban J connectivity index is 3.43. The summed E-state index contributed by atoms with van der Waals surface area (Å²) >= 11 is 0. The minimum Gasteiger partial charge on any atom is -0.480 e. The van der Waals surface area contributed by atoms with Gasteiger partial charge in [-0.1, -0.05) is 31.9 Å². The summed E-state index contributed by atoms with van der Waals surface area (Å²) in [6.07, 6.45) is 7.21. The van der Waals surface area contributed by atoms with Crippen molar-refractivity contribution < 1.29 is 14.7 Å². The molecule has 0 aromatic heterocycles. The van der Waals surface area contributed by atoms with E-state index in [1.807, 2.05) is 6.08 Å². The highest BCUT2D eigenvalue weighted by Crippen LogP contribution is 1.95. The van der Waals surface area contributed by atoms with E-state index in [2.05, 4.69) is 12.2 Å². The zero-order chi connectivity index (χ0) is 10.8. The lowest BCUT2D eigenvalue weighted by atomic mass is 10.2. The van der Waals surface area contributed by atoms with E-state index >= 15 is 0 Å². The molecule has 0 aromatic rings. The fourth-order valence-corrected chi connectivity index (χ4v) is 0.877. The minimum absolute atomic E-state index is 0.250. The van der Waals surface area contributed by atoms with Gasteiger partial charge in [-0.05, 0) is 6.42 Å². The molecule has 0 unspecified atom stereocenters. The van der Waals surface area contributed by atoms with Gasteiger partial charge in [0.15, 0.2) is 0 Å². The van der Waals surface area contributed by atoms with Crippen molar-refractivity contribution in [3.63, 3.8) is 0 Å². The summed E-state index contributed by atoms with van der Waals surface area (Å²) in [7, 11) is 0. The van der Waals surface area contributed by atoms with Crippen LogP contribution < -0.4 is 5.32 Å². The maximum Gasteiger partial charge on any atom is 0.322 e. The third kappa shape index (κ3) is 8.77. The van der Waals surface area contributed by atoms with Gasteiger partial charge in [-0.15, -0.1) is 0 Å². The normalized spacial score (nSPS) is 10.4. The van der Waals surface area contributed by atoms with Crippen molar-refractivity contribution in [2.45, 2.75) is 32.6 Å². The molecule has 80 valence electrons. The van der Waals surface area contributed by atoms with Gasteiger partial charge in [0.1, 0.15) is 6.54 Å². The Bertz CT molecular complexity index is 211. The smallest absolute Gasteiger partial charge is 0.322 e. The fraction of sp³-hybridized carbons (Fsp3) is 0.600. The zero-order valence-electron chi connectivity index (χ0n) is 8.45. The molecule has 0 aliphatic carbocycles. The summed E-state index contributed by atoms with van der Waals surface area (Å²) in [5.41, 5.74) is 0. The van der Waals surface area contributed by atoms with E-state index in [1.54, 1.807) is 6.08 Å². The number of hydrogen-bond donors (Lipinski definition) is 2. The number of nitrogens with one attached hydrogen (secondary N) is 1. The molecule has 1 amide bonds. The van der Waals surface area contributed by atoms with Crippen LogP contribution in [0.5, 0.6) is 0 Å². The molecule has 0 aromatic carbocycles. The first kappa shape index (κ1) is 12.7. The van der Waals surface area contributed by atoms with E-state index in [0.29, 0.717) is 0 Å². The Hall–Kier alpha value is -1.32. The number of carboxylic acid groups (broad SMARTS) is 1. The zero-order valence-corrected chi connectivity index (χ0v) is 8.45. The lowest BCUT2D eigenvalue weighted by molar-refractivity contribution is -0.137. The highest BCUT2D eigenvalue weighted by molar-refractivity contribution is 5.81. The number of carbonyl (C=O) groups is 2. The van der Waals surface area contributed by atoms with Crippen LogP contribution in [0.2, 0.25) is 0 Å². The standard InChI is InChI=1S/C10H17NO3/c1-2-3-4-5-6-7-9(12)11-8-10(13)14/h5-6H,2-4,7-8H2,1H3,(H,11,12)(H,13,14)/b6-5+.